The molecule has 29 heavy (non-hydrogen) atoms. The molecular weight excluding hydrogens is 374 g/mol. The number of H-pyrrole nitrogens is 1. The summed E-state index contributed by atoms with van der Waals surface area (Å²) in [5.41, 5.74) is 1.48. The van der Waals surface area contributed by atoms with Gasteiger partial charge in [0, 0.05) is 30.3 Å². The summed E-state index contributed by atoms with van der Waals surface area (Å²) in [6, 6.07) is 9.23. The maximum absolute atomic E-state index is 14.5. The van der Waals surface area contributed by atoms with Crippen LogP contribution in [0.2, 0.25) is 0 Å². The number of nitrogens with one attached hydrogen (secondary N) is 2. The zero-order valence-corrected chi connectivity index (χ0v) is 16.8. The van der Waals surface area contributed by atoms with Gasteiger partial charge in [-0.15, -0.1) is 0 Å². The summed E-state index contributed by atoms with van der Waals surface area (Å²) in [6.45, 7) is 8.91. The predicted molar refractivity (Wildman–Crippen MR) is 114 cm³/mol. The highest BCUT2D eigenvalue weighted by molar-refractivity contribution is 6.02. The first-order valence-electron chi connectivity index (χ1n) is 9.74. The van der Waals surface area contributed by atoms with E-state index in [0.717, 1.165) is 19.6 Å². The molecule has 7 heteroatoms. The standard InChI is InChI=1S/C22H26F2N4O/c1-4-28(5-2)13-14(3)26-19-10-9-15(11-18(19)24)25-12-16-21-17(23)7-6-8-20(21)27-22(16)29/h6-12,14,26-27,29H,4-5,13H2,1-3H3. The van der Waals surface area contributed by atoms with Gasteiger partial charge in [0.05, 0.1) is 22.5 Å². The number of likely N-dealkylation sites (N-methyl/N-ethyl adjacent to an activating group) is 1. The summed E-state index contributed by atoms with van der Waals surface area (Å²) in [5, 5.41) is 13.5. The molecule has 5 nitrogen and oxygen atoms in total. The van der Waals surface area contributed by atoms with Crippen molar-refractivity contribution in [3.63, 3.8) is 0 Å². The molecule has 1 unspecified atom stereocenters. The van der Waals surface area contributed by atoms with Crippen molar-refractivity contribution in [2.24, 2.45) is 4.99 Å². The smallest absolute Gasteiger partial charge is 0.198 e. The van der Waals surface area contributed by atoms with E-state index in [-0.39, 0.29) is 22.9 Å². The third-order valence-corrected chi connectivity index (χ3v) is 4.91. The zero-order valence-electron chi connectivity index (χ0n) is 16.8. The monoisotopic (exact) mass is 400 g/mol. The fraction of sp³-hybridized carbons (Fsp3) is 0.318. The number of anilines is 1. The van der Waals surface area contributed by atoms with Crippen molar-refractivity contribution in [3.05, 3.63) is 53.6 Å². The van der Waals surface area contributed by atoms with Gasteiger partial charge >= 0.3 is 0 Å². The van der Waals surface area contributed by atoms with Gasteiger partial charge in [-0.2, -0.15) is 0 Å². The van der Waals surface area contributed by atoms with Crippen LogP contribution in [0.4, 0.5) is 20.2 Å². The van der Waals surface area contributed by atoms with Crippen molar-refractivity contribution in [2.75, 3.05) is 25.0 Å². The number of nitrogens with zero attached hydrogens (tertiary/aromatic N) is 2. The van der Waals surface area contributed by atoms with Crippen LogP contribution in [0.15, 0.2) is 41.4 Å². The van der Waals surface area contributed by atoms with Gasteiger partial charge in [-0.05, 0) is 44.3 Å². The maximum Gasteiger partial charge on any atom is 0.198 e. The first-order chi connectivity index (χ1) is 13.9. The number of aliphatic imine (C=N–C) groups is 1. The third-order valence-electron chi connectivity index (χ3n) is 4.91. The molecule has 0 saturated heterocycles. The van der Waals surface area contributed by atoms with Gasteiger partial charge in [-0.1, -0.05) is 19.9 Å². The molecule has 1 heterocycles. The highest BCUT2D eigenvalue weighted by Gasteiger charge is 2.13. The second-order valence-corrected chi connectivity index (χ2v) is 7.00. The minimum atomic E-state index is -0.464. The van der Waals surface area contributed by atoms with Crippen LogP contribution in [0.3, 0.4) is 0 Å². The van der Waals surface area contributed by atoms with Crippen LogP contribution in [-0.2, 0) is 0 Å². The lowest BCUT2D eigenvalue weighted by Gasteiger charge is -2.24. The Morgan fingerprint density at radius 2 is 1.93 bits per heavy atom. The van der Waals surface area contributed by atoms with Gasteiger partial charge < -0.3 is 20.3 Å². The van der Waals surface area contributed by atoms with Gasteiger partial charge in [-0.25, -0.2) is 8.78 Å². The molecule has 0 radical (unpaired) electrons. The molecular formula is C22H26F2N4O. The van der Waals surface area contributed by atoms with Gasteiger partial charge in [0.25, 0.3) is 0 Å². The summed E-state index contributed by atoms with van der Waals surface area (Å²) < 4.78 is 28.6. The highest BCUT2D eigenvalue weighted by Crippen LogP contribution is 2.29. The quantitative estimate of drug-likeness (QED) is 0.464. The Morgan fingerprint density at radius 3 is 2.62 bits per heavy atom. The van der Waals surface area contributed by atoms with Crippen LogP contribution in [-0.4, -0.2) is 46.9 Å². The molecule has 0 aliphatic heterocycles. The molecule has 0 amide bonds. The van der Waals surface area contributed by atoms with Gasteiger partial charge in [-0.3, -0.25) is 4.99 Å². The summed E-state index contributed by atoms with van der Waals surface area (Å²) in [5.74, 6) is -1.06. The van der Waals surface area contributed by atoms with Crippen molar-refractivity contribution >= 4 is 28.5 Å². The summed E-state index contributed by atoms with van der Waals surface area (Å²) in [6.07, 6.45) is 1.34. The molecule has 0 fully saturated rings. The molecule has 0 saturated carbocycles. The molecule has 0 spiro atoms. The number of benzene rings is 2. The van der Waals surface area contributed by atoms with Crippen molar-refractivity contribution in [2.45, 2.75) is 26.8 Å². The molecule has 2 aromatic carbocycles. The fourth-order valence-electron chi connectivity index (χ4n) is 3.36. The first kappa shape index (κ1) is 20.8. The van der Waals surface area contributed by atoms with Crippen molar-refractivity contribution < 1.29 is 13.9 Å². The average molecular weight is 400 g/mol. The zero-order chi connectivity index (χ0) is 21.0. The lowest BCUT2D eigenvalue weighted by molar-refractivity contribution is 0.294. The van der Waals surface area contributed by atoms with Gasteiger partial charge in [0.2, 0.25) is 0 Å². The van der Waals surface area contributed by atoms with E-state index in [4.69, 9.17) is 0 Å². The SMILES string of the molecule is CCN(CC)CC(C)Nc1ccc(N=Cc2c(O)[nH]c3cccc(F)c23)cc1F. The Balaban J connectivity index is 1.77. The predicted octanol–water partition coefficient (Wildman–Crippen LogP) is 5.04. The Labute approximate surface area is 169 Å². The number of hydrogen-bond acceptors (Lipinski definition) is 4. The van der Waals surface area contributed by atoms with Crippen molar-refractivity contribution in [1.29, 1.82) is 0 Å². The first-order valence-corrected chi connectivity index (χ1v) is 9.74. The second-order valence-electron chi connectivity index (χ2n) is 7.00. The van der Waals surface area contributed by atoms with E-state index in [1.165, 1.54) is 18.3 Å². The lowest BCUT2D eigenvalue weighted by atomic mass is 10.1. The van der Waals surface area contributed by atoms with Gasteiger partial charge in [0.1, 0.15) is 11.6 Å². The van der Waals surface area contributed by atoms with Crippen LogP contribution in [0.5, 0.6) is 5.88 Å². The van der Waals surface area contributed by atoms with Crippen molar-refractivity contribution in [3.8, 4) is 5.88 Å². The van der Waals surface area contributed by atoms with Crippen LogP contribution >= 0.6 is 0 Å². The molecule has 154 valence electrons. The number of rotatable bonds is 8. The largest absolute Gasteiger partial charge is 0.494 e. The Hall–Kier alpha value is -2.93. The van der Waals surface area contributed by atoms with E-state index in [1.54, 1.807) is 24.3 Å². The lowest BCUT2D eigenvalue weighted by Crippen LogP contribution is -2.34. The van der Waals surface area contributed by atoms with E-state index in [0.29, 0.717) is 16.9 Å². The molecule has 0 bridgehead atoms. The fourth-order valence-corrected chi connectivity index (χ4v) is 3.36. The topological polar surface area (TPSA) is 63.6 Å². The number of halogens is 2. The van der Waals surface area contributed by atoms with Crippen LogP contribution < -0.4 is 5.32 Å². The number of aromatic nitrogens is 1. The van der Waals surface area contributed by atoms with E-state index in [1.807, 2.05) is 6.92 Å². The van der Waals surface area contributed by atoms with E-state index >= 15 is 0 Å². The van der Waals surface area contributed by atoms with E-state index in [2.05, 4.69) is 34.0 Å². The van der Waals surface area contributed by atoms with Crippen molar-refractivity contribution in [1.82, 2.24) is 9.88 Å². The van der Waals surface area contributed by atoms with Crippen LogP contribution in [0.25, 0.3) is 10.9 Å². The van der Waals surface area contributed by atoms with Crippen LogP contribution in [0.1, 0.15) is 26.3 Å². The number of fused-ring (bicyclic) bond motifs is 1. The number of aromatic amines is 1. The molecule has 3 rings (SSSR count). The molecule has 0 aliphatic rings. The molecule has 1 aromatic heterocycles. The number of aromatic hydroxyl groups is 1. The molecule has 3 N–H and O–H groups in total. The summed E-state index contributed by atoms with van der Waals surface area (Å²) in [4.78, 5) is 9.18. The Kier molecular flexibility index (Phi) is 6.49. The molecule has 3 aromatic rings. The second kappa shape index (κ2) is 9.05. The Bertz CT molecular complexity index is 1010. The summed E-state index contributed by atoms with van der Waals surface area (Å²) >= 11 is 0. The Morgan fingerprint density at radius 1 is 1.17 bits per heavy atom. The molecule has 0 aliphatic carbocycles. The highest BCUT2D eigenvalue weighted by atomic mass is 19.1. The summed E-state index contributed by atoms with van der Waals surface area (Å²) in [7, 11) is 0. The van der Waals surface area contributed by atoms with E-state index in [9.17, 15) is 13.9 Å². The molecule has 1 atom stereocenters. The average Bonchev–Trinajstić information content (AvgIpc) is 3.02. The van der Waals surface area contributed by atoms with Crippen LogP contribution in [0, 0.1) is 11.6 Å². The maximum atomic E-state index is 14.5. The normalized spacial score (nSPS) is 12.9. The minimum absolute atomic E-state index is 0.0879. The minimum Gasteiger partial charge on any atom is -0.494 e. The number of hydrogen-bond donors (Lipinski definition) is 3. The third kappa shape index (κ3) is 4.74. The van der Waals surface area contributed by atoms with E-state index < -0.39 is 11.6 Å². The van der Waals surface area contributed by atoms with Gasteiger partial charge in [0.15, 0.2) is 5.88 Å².